The minimum absolute atomic E-state index is 0.124. The summed E-state index contributed by atoms with van der Waals surface area (Å²) < 4.78 is 11.3. The van der Waals surface area contributed by atoms with Gasteiger partial charge in [-0.1, -0.05) is 103 Å². The van der Waals surface area contributed by atoms with E-state index in [4.69, 9.17) is 14.7 Å². The van der Waals surface area contributed by atoms with Crippen LogP contribution < -0.4 is 4.74 Å². The van der Waals surface area contributed by atoms with Crippen LogP contribution in [0.3, 0.4) is 0 Å². The van der Waals surface area contributed by atoms with E-state index in [0.29, 0.717) is 19.0 Å². The Morgan fingerprint density at radius 1 is 0.818 bits per heavy atom. The molecule has 0 spiro atoms. The van der Waals surface area contributed by atoms with Crippen LogP contribution in [0.15, 0.2) is 18.2 Å². The molecular weight excluding hydrogens is 414 g/mol. The number of aromatic hydroxyl groups is 1. The van der Waals surface area contributed by atoms with Gasteiger partial charge in [-0.25, -0.2) is 0 Å². The lowest BCUT2D eigenvalue weighted by Gasteiger charge is -2.17. The minimum atomic E-state index is -0.488. The van der Waals surface area contributed by atoms with Crippen LogP contribution in [0.2, 0.25) is 0 Å². The van der Waals surface area contributed by atoms with Gasteiger partial charge in [0.15, 0.2) is 0 Å². The van der Waals surface area contributed by atoms with Crippen LogP contribution in [-0.2, 0) is 4.74 Å². The summed E-state index contributed by atoms with van der Waals surface area (Å²) >= 11 is 0. The molecule has 0 aliphatic carbocycles. The van der Waals surface area contributed by atoms with E-state index in [1.165, 1.54) is 108 Å². The zero-order chi connectivity index (χ0) is 24.0. The van der Waals surface area contributed by atoms with Crippen molar-refractivity contribution in [2.45, 2.75) is 116 Å². The normalized spacial score (nSPS) is 11.9. The smallest absolute Gasteiger partial charge is 0.145 e. The highest BCUT2D eigenvalue weighted by atomic mass is 16.5. The number of aliphatic hydroxyl groups excluding tert-OH is 1. The molecule has 0 aliphatic rings. The highest BCUT2D eigenvalue weighted by molar-refractivity contribution is 5.46. The number of phenols is 1. The van der Waals surface area contributed by atoms with Crippen molar-refractivity contribution in [2.75, 3.05) is 19.8 Å². The van der Waals surface area contributed by atoms with Gasteiger partial charge in [0, 0.05) is 12.7 Å². The van der Waals surface area contributed by atoms with E-state index < -0.39 is 6.10 Å². The van der Waals surface area contributed by atoms with Crippen LogP contribution >= 0.6 is 0 Å². The Morgan fingerprint density at radius 2 is 1.33 bits per heavy atom. The molecular formula is C28H47NO4. The van der Waals surface area contributed by atoms with E-state index in [2.05, 4.69) is 6.92 Å². The maximum atomic E-state index is 9.72. The molecule has 2 N–H and O–H groups in total. The number of hydrogen-bond acceptors (Lipinski definition) is 5. The summed E-state index contributed by atoms with van der Waals surface area (Å²) in [7, 11) is 0. The number of unbranched alkanes of at least 4 members (excludes halogenated alkanes) is 15. The second-order valence-corrected chi connectivity index (χ2v) is 9.09. The predicted molar refractivity (Wildman–Crippen MR) is 135 cm³/mol. The summed E-state index contributed by atoms with van der Waals surface area (Å²) in [6.07, 6.45) is 21.1. The van der Waals surface area contributed by atoms with Crippen molar-refractivity contribution in [2.24, 2.45) is 0 Å². The third-order valence-corrected chi connectivity index (χ3v) is 6.04. The molecule has 0 heterocycles. The van der Waals surface area contributed by atoms with Gasteiger partial charge >= 0.3 is 0 Å². The van der Waals surface area contributed by atoms with E-state index >= 15 is 0 Å². The number of nitrogens with zero attached hydrogens (tertiary/aromatic N) is 1. The van der Waals surface area contributed by atoms with Crippen molar-refractivity contribution in [3.8, 4) is 17.6 Å². The summed E-state index contributed by atoms with van der Waals surface area (Å²) in [5.74, 6) is 0.289. The average molecular weight is 462 g/mol. The van der Waals surface area contributed by atoms with E-state index in [0.717, 1.165) is 6.42 Å². The molecule has 0 aliphatic heterocycles. The molecule has 188 valence electrons. The molecule has 0 fully saturated rings. The molecule has 33 heavy (non-hydrogen) atoms. The second-order valence-electron chi connectivity index (χ2n) is 9.09. The van der Waals surface area contributed by atoms with Crippen LogP contribution in [-0.4, -0.2) is 36.1 Å². The van der Waals surface area contributed by atoms with Crippen molar-refractivity contribution in [1.82, 2.24) is 0 Å². The van der Waals surface area contributed by atoms with E-state index in [9.17, 15) is 10.2 Å². The zero-order valence-electron chi connectivity index (χ0n) is 20.9. The van der Waals surface area contributed by atoms with Crippen LogP contribution in [0.5, 0.6) is 11.5 Å². The standard InChI is InChI=1S/C28H47NO4/c1-2-3-4-5-6-7-8-9-10-11-12-13-14-15-16-17-20-32-24-27(23-30)33-26-19-18-25(22-29)28(31)21-26/h18-19,21,27,30-31H,2-17,20,23-24H2,1H3. The number of hydrogen-bond donors (Lipinski definition) is 2. The highest BCUT2D eigenvalue weighted by Crippen LogP contribution is 2.23. The minimum Gasteiger partial charge on any atom is -0.506 e. The molecule has 0 saturated carbocycles. The summed E-state index contributed by atoms with van der Waals surface area (Å²) in [6, 6.07) is 6.39. The SMILES string of the molecule is CCCCCCCCCCCCCCCCCCOCC(CO)Oc1ccc(C#N)c(O)c1. The van der Waals surface area contributed by atoms with Crippen LogP contribution in [0.4, 0.5) is 0 Å². The van der Waals surface area contributed by atoms with Crippen LogP contribution in [0.25, 0.3) is 0 Å². The molecule has 0 amide bonds. The number of ether oxygens (including phenoxy) is 2. The van der Waals surface area contributed by atoms with Gasteiger partial charge in [-0.05, 0) is 18.6 Å². The molecule has 5 heteroatoms. The van der Waals surface area contributed by atoms with Crippen LogP contribution in [0, 0.1) is 11.3 Å². The maximum absolute atomic E-state index is 9.72. The first kappa shape index (κ1) is 29.3. The third kappa shape index (κ3) is 15.7. The van der Waals surface area contributed by atoms with Crippen molar-refractivity contribution >= 4 is 0 Å². The molecule has 1 unspecified atom stereocenters. The number of rotatable bonds is 22. The van der Waals surface area contributed by atoms with Gasteiger partial charge in [0.2, 0.25) is 0 Å². The van der Waals surface area contributed by atoms with Crippen molar-refractivity contribution in [3.05, 3.63) is 23.8 Å². The first-order valence-corrected chi connectivity index (χ1v) is 13.3. The number of benzene rings is 1. The average Bonchev–Trinajstić information content (AvgIpc) is 2.82. The monoisotopic (exact) mass is 461 g/mol. The van der Waals surface area contributed by atoms with Gasteiger partial charge < -0.3 is 19.7 Å². The molecule has 1 aromatic rings. The zero-order valence-corrected chi connectivity index (χ0v) is 20.9. The van der Waals surface area contributed by atoms with Gasteiger partial charge in [-0.2, -0.15) is 5.26 Å². The maximum Gasteiger partial charge on any atom is 0.145 e. The van der Waals surface area contributed by atoms with Crippen molar-refractivity contribution in [1.29, 1.82) is 5.26 Å². The van der Waals surface area contributed by atoms with Gasteiger partial charge in [0.05, 0.1) is 18.8 Å². The Kier molecular flexibility index (Phi) is 18.5. The fourth-order valence-electron chi connectivity index (χ4n) is 3.96. The lowest BCUT2D eigenvalue weighted by molar-refractivity contribution is 0.0188. The largest absolute Gasteiger partial charge is 0.506 e. The lowest BCUT2D eigenvalue weighted by atomic mass is 10.0. The molecule has 1 aromatic carbocycles. The van der Waals surface area contributed by atoms with Gasteiger partial charge in [-0.15, -0.1) is 0 Å². The van der Waals surface area contributed by atoms with E-state index in [1.54, 1.807) is 6.07 Å². The summed E-state index contributed by atoms with van der Waals surface area (Å²) in [6.45, 7) is 3.07. The summed E-state index contributed by atoms with van der Waals surface area (Å²) in [5, 5.41) is 28.0. The van der Waals surface area contributed by atoms with E-state index in [-0.39, 0.29) is 17.9 Å². The Morgan fingerprint density at radius 3 is 1.79 bits per heavy atom. The Bertz CT molecular complexity index is 629. The molecule has 0 bridgehead atoms. The van der Waals surface area contributed by atoms with Gasteiger partial charge in [0.25, 0.3) is 0 Å². The van der Waals surface area contributed by atoms with Crippen molar-refractivity contribution in [3.63, 3.8) is 0 Å². The van der Waals surface area contributed by atoms with Crippen molar-refractivity contribution < 1.29 is 19.7 Å². The fraction of sp³-hybridized carbons (Fsp3) is 0.750. The molecule has 0 saturated heterocycles. The topological polar surface area (TPSA) is 82.7 Å². The van der Waals surface area contributed by atoms with Gasteiger partial charge in [0.1, 0.15) is 23.7 Å². The third-order valence-electron chi connectivity index (χ3n) is 6.04. The Labute approximate surface area is 202 Å². The second kappa shape index (κ2) is 20.8. The van der Waals surface area contributed by atoms with Gasteiger partial charge in [-0.3, -0.25) is 0 Å². The number of nitriles is 1. The number of phenolic OH excluding ortho intramolecular Hbond substituents is 1. The van der Waals surface area contributed by atoms with Crippen LogP contribution in [0.1, 0.15) is 115 Å². The Hall–Kier alpha value is -1.77. The molecule has 0 radical (unpaired) electrons. The predicted octanol–water partition coefficient (Wildman–Crippen LogP) is 7.28. The first-order valence-electron chi connectivity index (χ1n) is 13.3. The first-order chi connectivity index (χ1) is 16.2. The lowest BCUT2D eigenvalue weighted by Crippen LogP contribution is -2.27. The summed E-state index contributed by atoms with van der Waals surface area (Å²) in [5.41, 5.74) is 0.197. The quantitative estimate of drug-likeness (QED) is 0.177. The van der Waals surface area contributed by atoms with E-state index in [1.807, 2.05) is 6.07 Å². The highest BCUT2D eigenvalue weighted by Gasteiger charge is 2.11. The molecule has 1 atom stereocenters. The Balaban J connectivity index is 1.89. The fourth-order valence-corrected chi connectivity index (χ4v) is 3.96. The molecule has 1 rings (SSSR count). The summed E-state index contributed by atoms with van der Waals surface area (Å²) in [4.78, 5) is 0. The number of aliphatic hydroxyl groups is 1. The molecule has 0 aromatic heterocycles. The molecule has 5 nitrogen and oxygen atoms in total.